The van der Waals surface area contributed by atoms with Crippen LogP contribution in [0.15, 0.2) is 22.3 Å². The summed E-state index contributed by atoms with van der Waals surface area (Å²) < 4.78 is 30.0. The molecule has 0 aromatic heterocycles. The van der Waals surface area contributed by atoms with Gasteiger partial charge in [0.25, 0.3) is 0 Å². The molecule has 0 bridgehead atoms. The molecule has 0 atom stereocenters. The van der Waals surface area contributed by atoms with Gasteiger partial charge in [0.15, 0.2) is 0 Å². The Morgan fingerprint density at radius 2 is 0.950 bits per heavy atom. The summed E-state index contributed by atoms with van der Waals surface area (Å²) in [6.45, 7) is 29.1. The summed E-state index contributed by atoms with van der Waals surface area (Å²) in [7, 11) is 0. The Morgan fingerprint density at radius 3 is 1.05 bits per heavy atom. The van der Waals surface area contributed by atoms with E-state index in [-0.39, 0.29) is 18.6 Å². The van der Waals surface area contributed by atoms with Crippen LogP contribution in [0, 0.1) is 32.5 Å². The van der Waals surface area contributed by atoms with Crippen LogP contribution >= 0.6 is 0 Å². The third-order valence-electron chi connectivity index (χ3n) is 2.95. The molecule has 0 saturated carbocycles. The zero-order valence-electron chi connectivity index (χ0n) is 12.3. The van der Waals surface area contributed by atoms with Crippen molar-refractivity contribution in [2.45, 2.75) is 41.0 Å². The fourth-order valence-electron chi connectivity index (χ4n) is 1.83. The first-order valence-electron chi connectivity index (χ1n) is 5.13. The maximum Gasteiger partial charge on any atom is 0 e. The summed E-state index contributed by atoms with van der Waals surface area (Å²) in [6.07, 6.45) is 1.17. The summed E-state index contributed by atoms with van der Waals surface area (Å²) in [6, 6.07) is 0. The normalized spacial score (nSPS) is 11.7. The Hall–Kier alpha value is -0.976. The Morgan fingerprint density at radius 1 is 0.650 bits per heavy atom. The van der Waals surface area contributed by atoms with Gasteiger partial charge in [-0.3, -0.25) is 0 Å². The number of hydrogen-bond donors (Lipinski definition) is 0. The monoisotopic (exact) mass is 312 g/mol. The molecule has 5 heteroatoms. The molecular weight excluding hydrogens is 295 g/mol. The second-order valence-corrected chi connectivity index (χ2v) is 3.33. The standard InChI is InChI=1S/C11H17.4CO.V/c1-6-11-9(4)7(2)8(3)10(11)5;4*1-2;/h6H2,1-5H3;;;;;. The molecule has 0 N–H and O–H groups in total. The van der Waals surface area contributed by atoms with Gasteiger partial charge in [0, 0.05) is 24.5 Å². The van der Waals surface area contributed by atoms with Crippen LogP contribution in [0.1, 0.15) is 41.0 Å². The van der Waals surface area contributed by atoms with Crippen molar-refractivity contribution in [3.8, 4) is 0 Å². The minimum Gasteiger partial charge on any atom is 0 e. The van der Waals surface area contributed by atoms with Crippen LogP contribution in [-0.2, 0) is 37.2 Å². The molecule has 1 rings (SSSR count). The van der Waals surface area contributed by atoms with Gasteiger partial charge in [-0.05, 0) is 38.3 Å². The number of allylic oxidation sites excluding steroid dienone is 4. The van der Waals surface area contributed by atoms with Crippen LogP contribution in [0.4, 0.5) is 0 Å². The van der Waals surface area contributed by atoms with Gasteiger partial charge in [0.2, 0.25) is 0 Å². The molecule has 0 aromatic rings. The van der Waals surface area contributed by atoms with Gasteiger partial charge >= 0.3 is 45.2 Å². The van der Waals surface area contributed by atoms with E-state index in [0.29, 0.717) is 0 Å². The van der Waals surface area contributed by atoms with Gasteiger partial charge in [0.1, 0.15) is 0 Å². The number of rotatable bonds is 1. The fraction of sp³-hybridized carbons (Fsp3) is 0.400. The van der Waals surface area contributed by atoms with Gasteiger partial charge in [-0.2, -0.15) is 0 Å². The van der Waals surface area contributed by atoms with Crippen LogP contribution in [0.25, 0.3) is 0 Å². The molecule has 20 heavy (non-hydrogen) atoms. The van der Waals surface area contributed by atoms with E-state index in [1.165, 1.54) is 29.1 Å². The summed E-state index contributed by atoms with van der Waals surface area (Å²) >= 11 is 0. The van der Waals surface area contributed by atoms with E-state index in [9.17, 15) is 0 Å². The molecule has 0 spiro atoms. The van der Waals surface area contributed by atoms with Crippen molar-refractivity contribution in [2.75, 3.05) is 0 Å². The molecule has 0 heterocycles. The van der Waals surface area contributed by atoms with E-state index in [0.717, 1.165) is 0 Å². The molecule has 0 fully saturated rings. The topological polar surface area (TPSA) is 79.6 Å². The Bertz CT molecular complexity index is 360. The molecular formula is C15H17O4V. The minimum atomic E-state index is 0. The van der Waals surface area contributed by atoms with Crippen molar-refractivity contribution < 1.29 is 37.2 Å². The molecule has 4 nitrogen and oxygen atoms in total. The maximum atomic E-state index is 7.50. The number of hydrogen-bond acceptors (Lipinski definition) is 0. The Balaban J connectivity index is -0.0000000722. The van der Waals surface area contributed by atoms with Gasteiger partial charge in [-0.25, -0.2) is 0 Å². The fourth-order valence-corrected chi connectivity index (χ4v) is 1.83. The SMILES string of the molecule is CCC1=C(C)C(C)=C(C)[C]1C.[C-]#[O+].[C-]#[O+].[C-]#[O+].[C-]#[O+].[V]. The Labute approximate surface area is 133 Å². The first-order valence-corrected chi connectivity index (χ1v) is 5.13. The molecule has 1 aliphatic carbocycles. The van der Waals surface area contributed by atoms with Crippen molar-refractivity contribution >= 4 is 0 Å². The van der Waals surface area contributed by atoms with E-state index in [4.69, 9.17) is 18.6 Å². The molecule has 0 unspecified atom stereocenters. The maximum absolute atomic E-state index is 7.50. The van der Waals surface area contributed by atoms with Crippen molar-refractivity contribution in [3.63, 3.8) is 0 Å². The molecule has 2 radical (unpaired) electrons. The quantitative estimate of drug-likeness (QED) is 0.524. The first kappa shape index (κ1) is 31.4. The summed E-state index contributed by atoms with van der Waals surface area (Å²) in [4.78, 5) is 0. The van der Waals surface area contributed by atoms with Crippen LogP contribution in [0.5, 0.6) is 0 Å². The second kappa shape index (κ2) is 23.1. The van der Waals surface area contributed by atoms with Crippen molar-refractivity contribution in [1.29, 1.82) is 0 Å². The first-order chi connectivity index (χ1) is 9.09. The molecule has 106 valence electrons. The van der Waals surface area contributed by atoms with Crippen LogP contribution in [-0.4, -0.2) is 0 Å². The van der Waals surface area contributed by atoms with Gasteiger partial charge < -0.3 is 0 Å². The van der Waals surface area contributed by atoms with Crippen molar-refractivity contribution in [3.05, 3.63) is 54.8 Å². The van der Waals surface area contributed by atoms with E-state index in [2.05, 4.69) is 61.2 Å². The van der Waals surface area contributed by atoms with Crippen LogP contribution < -0.4 is 0 Å². The second-order valence-electron chi connectivity index (χ2n) is 3.33. The third-order valence-corrected chi connectivity index (χ3v) is 2.95. The van der Waals surface area contributed by atoms with Gasteiger partial charge in [-0.1, -0.05) is 25.0 Å². The molecule has 1 aliphatic rings. The summed E-state index contributed by atoms with van der Waals surface area (Å²) in [5.41, 5.74) is 6.03. The van der Waals surface area contributed by atoms with E-state index in [1.807, 2.05) is 0 Å². The van der Waals surface area contributed by atoms with E-state index in [1.54, 1.807) is 5.57 Å². The average molecular weight is 312 g/mol. The molecule has 0 saturated heterocycles. The summed E-state index contributed by atoms with van der Waals surface area (Å²) in [5, 5.41) is 0. The van der Waals surface area contributed by atoms with E-state index >= 15 is 0 Å². The minimum absolute atomic E-state index is 0. The van der Waals surface area contributed by atoms with Crippen LogP contribution in [0.3, 0.4) is 0 Å². The van der Waals surface area contributed by atoms with E-state index < -0.39 is 0 Å². The molecule has 0 amide bonds. The smallest absolute Gasteiger partial charge is 0 e. The third kappa shape index (κ3) is 9.89. The van der Waals surface area contributed by atoms with Crippen molar-refractivity contribution in [2.24, 2.45) is 0 Å². The predicted octanol–water partition coefficient (Wildman–Crippen LogP) is 3.50. The molecule has 0 aliphatic heterocycles. The van der Waals surface area contributed by atoms with Gasteiger partial charge in [-0.15, -0.1) is 0 Å². The zero-order chi connectivity index (χ0) is 16.6. The Kier molecular flexibility index (Phi) is 36.4. The van der Waals surface area contributed by atoms with Gasteiger partial charge in [0.05, 0.1) is 0 Å². The zero-order valence-corrected chi connectivity index (χ0v) is 13.7. The largest absolute Gasteiger partial charge is 0 e. The van der Waals surface area contributed by atoms with Crippen LogP contribution in [0.2, 0.25) is 0 Å². The summed E-state index contributed by atoms with van der Waals surface area (Å²) in [5.74, 6) is 1.50. The van der Waals surface area contributed by atoms with Crippen molar-refractivity contribution in [1.82, 2.24) is 0 Å². The molecule has 0 aromatic carbocycles. The predicted molar refractivity (Wildman–Crippen MR) is 66.0 cm³/mol. The average Bonchev–Trinajstić information content (AvgIpc) is 2.71.